The number of alkyl carbamates (subject to hydrolysis) is 1. The second-order valence-corrected chi connectivity index (χ2v) is 18.1. The number of nitrogens with one attached hydrogen (secondary N) is 1. The Bertz CT molecular complexity index is 607. The van der Waals surface area contributed by atoms with Gasteiger partial charge < -0.3 is 19.6 Å². The summed E-state index contributed by atoms with van der Waals surface area (Å²) >= 11 is 0. The average Bonchev–Trinajstić information content (AvgIpc) is 2.76. The number of aliphatic hydroxyl groups excluding tert-OH is 1. The summed E-state index contributed by atoms with van der Waals surface area (Å²) in [5.41, 5.74) is -0.573. The standard InChI is InChI=1S/C31H63NO4Si/c1-10-11-12-13-14-15-16-17-18-19-20-21-22-25-28(33)27(32-29(34)36-30(2,3)4)24-23-26-35-37(8,9)31(5,6)7/h22,25,27-28,33H,10-21,23-24,26H2,1-9H3,(H,32,34)/b25-22+/t27-,28+/m0/s1. The van der Waals surface area contributed by atoms with Crippen LogP contribution in [0.5, 0.6) is 0 Å². The minimum Gasteiger partial charge on any atom is -0.444 e. The smallest absolute Gasteiger partial charge is 0.407 e. The zero-order chi connectivity index (χ0) is 28.4. The van der Waals surface area contributed by atoms with Crippen LogP contribution in [-0.2, 0) is 9.16 Å². The maximum Gasteiger partial charge on any atom is 0.407 e. The number of rotatable bonds is 20. The Morgan fingerprint density at radius 1 is 0.865 bits per heavy atom. The van der Waals surface area contributed by atoms with E-state index in [0.717, 1.165) is 19.3 Å². The summed E-state index contributed by atoms with van der Waals surface area (Å²) in [5.74, 6) is 0. The Balaban J connectivity index is 4.45. The molecule has 0 radical (unpaired) electrons. The van der Waals surface area contributed by atoms with Crippen LogP contribution in [0.25, 0.3) is 0 Å². The van der Waals surface area contributed by atoms with E-state index in [0.29, 0.717) is 13.0 Å². The van der Waals surface area contributed by atoms with Crippen molar-refractivity contribution in [3.63, 3.8) is 0 Å². The fraction of sp³-hybridized carbons (Fsp3) is 0.903. The van der Waals surface area contributed by atoms with Crippen LogP contribution in [0.3, 0.4) is 0 Å². The molecule has 5 nitrogen and oxygen atoms in total. The largest absolute Gasteiger partial charge is 0.444 e. The Hall–Kier alpha value is -0.853. The molecule has 0 spiro atoms. The zero-order valence-corrected chi connectivity index (χ0v) is 27.1. The maximum atomic E-state index is 12.4. The van der Waals surface area contributed by atoms with Crippen LogP contribution in [0.4, 0.5) is 4.79 Å². The van der Waals surface area contributed by atoms with E-state index in [2.05, 4.69) is 52.2 Å². The topological polar surface area (TPSA) is 67.8 Å². The van der Waals surface area contributed by atoms with E-state index >= 15 is 0 Å². The van der Waals surface area contributed by atoms with Crippen LogP contribution in [0, 0.1) is 0 Å². The first kappa shape index (κ1) is 36.1. The van der Waals surface area contributed by atoms with E-state index in [-0.39, 0.29) is 5.04 Å². The highest BCUT2D eigenvalue weighted by molar-refractivity contribution is 6.74. The van der Waals surface area contributed by atoms with E-state index in [1.807, 2.05) is 26.8 Å². The van der Waals surface area contributed by atoms with Gasteiger partial charge in [-0.25, -0.2) is 4.79 Å². The van der Waals surface area contributed by atoms with Crippen molar-refractivity contribution in [2.45, 2.75) is 174 Å². The lowest BCUT2D eigenvalue weighted by Gasteiger charge is -2.36. The molecule has 0 aliphatic carbocycles. The SMILES string of the molecule is CCCCCCCCCCCCC/C=C/[C@@H](O)[C@H](CCCO[Si](C)(C)C(C)(C)C)NC(=O)OC(C)(C)C. The van der Waals surface area contributed by atoms with Gasteiger partial charge in [0.15, 0.2) is 8.32 Å². The molecule has 0 bridgehead atoms. The van der Waals surface area contributed by atoms with Gasteiger partial charge in [-0.2, -0.15) is 0 Å². The van der Waals surface area contributed by atoms with Crippen LogP contribution in [-0.4, -0.2) is 43.9 Å². The molecule has 0 aliphatic heterocycles. The number of hydrogen-bond acceptors (Lipinski definition) is 4. The number of carbonyl (C=O) groups is 1. The number of aliphatic hydroxyl groups is 1. The fourth-order valence-corrected chi connectivity index (χ4v) is 5.02. The molecule has 0 rings (SSSR count). The monoisotopic (exact) mass is 541 g/mol. The van der Waals surface area contributed by atoms with Crippen molar-refractivity contribution in [3.8, 4) is 0 Å². The number of amides is 1. The molecule has 0 saturated carbocycles. The molecule has 37 heavy (non-hydrogen) atoms. The van der Waals surface area contributed by atoms with Crippen molar-refractivity contribution in [2.75, 3.05) is 6.61 Å². The first-order valence-corrected chi connectivity index (χ1v) is 18.1. The number of unbranched alkanes of at least 4 members (excludes halogenated alkanes) is 11. The molecule has 0 saturated heterocycles. The summed E-state index contributed by atoms with van der Waals surface area (Å²) in [5, 5.41) is 13.9. The molecule has 0 aliphatic rings. The van der Waals surface area contributed by atoms with Crippen molar-refractivity contribution >= 4 is 14.4 Å². The molecule has 2 atom stereocenters. The van der Waals surface area contributed by atoms with Gasteiger partial charge in [-0.05, 0) is 64.6 Å². The normalized spacial score (nSPS) is 14.6. The van der Waals surface area contributed by atoms with Crippen molar-refractivity contribution < 1.29 is 19.1 Å². The van der Waals surface area contributed by atoms with Gasteiger partial charge in [-0.15, -0.1) is 0 Å². The predicted molar refractivity (Wildman–Crippen MR) is 162 cm³/mol. The summed E-state index contributed by atoms with van der Waals surface area (Å²) in [6.07, 6.45) is 19.7. The highest BCUT2D eigenvalue weighted by Crippen LogP contribution is 2.36. The minimum atomic E-state index is -1.81. The molecule has 6 heteroatoms. The Morgan fingerprint density at radius 3 is 1.86 bits per heavy atom. The van der Waals surface area contributed by atoms with Crippen molar-refractivity contribution in [1.29, 1.82) is 0 Å². The third-order valence-electron chi connectivity index (χ3n) is 7.35. The first-order chi connectivity index (χ1) is 17.2. The molecular formula is C31H63NO4Si. The van der Waals surface area contributed by atoms with Crippen molar-refractivity contribution in [3.05, 3.63) is 12.2 Å². The van der Waals surface area contributed by atoms with Gasteiger partial charge in [-0.3, -0.25) is 0 Å². The van der Waals surface area contributed by atoms with E-state index in [1.165, 1.54) is 64.2 Å². The van der Waals surface area contributed by atoms with Crippen molar-refractivity contribution in [2.24, 2.45) is 0 Å². The molecule has 0 aromatic rings. The first-order valence-electron chi connectivity index (χ1n) is 15.2. The summed E-state index contributed by atoms with van der Waals surface area (Å²) < 4.78 is 11.7. The lowest BCUT2D eigenvalue weighted by molar-refractivity contribution is 0.0445. The third kappa shape index (κ3) is 19.8. The molecule has 1 amide bonds. The Morgan fingerprint density at radius 2 is 1.38 bits per heavy atom. The summed E-state index contributed by atoms with van der Waals surface area (Å²) in [6, 6.07) is -0.397. The Kier molecular flexibility index (Phi) is 18.8. The molecular weight excluding hydrogens is 478 g/mol. The lowest BCUT2D eigenvalue weighted by Crippen LogP contribution is -2.45. The van der Waals surface area contributed by atoms with E-state index < -0.39 is 32.2 Å². The minimum absolute atomic E-state index is 0.164. The second kappa shape index (κ2) is 19.2. The number of ether oxygens (including phenoxy) is 1. The number of allylic oxidation sites excluding steroid dienone is 1. The number of hydrogen-bond donors (Lipinski definition) is 2. The highest BCUT2D eigenvalue weighted by atomic mass is 28.4. The van der Waals surface area contributed by atoms with E-state index in [4.69, 9.17) is 9.16 Å². The third-order valence-corrected chi connectivity index (χ3v) is 11.9. The summed E-state index contributed by atoms with van der Waals surface area (Å²) in [7, 11) is -1.81. The van der Waals surface area contributed by atoms with Gasteiger partial charge in [0.1, 0.15) is 5.60 Å². The van der Waals surface area contributed by atoms with Gasteiger partial charge in [-0.1, -0.05) is 104 Å². The predicted octanol–water partition coefficient (Wildman–Crippen LogP) is 9.30. The van der Waals surface area contributed by atoms with Crippen molar-refractivity contribution in [1.82, 2.24) is 5.32 Å². The molecule has 0 heterocycles. The lowest BCUT2D eigenvalue weighted by atomic mass is 10.0. The van der Waals surface area contributed by atoms with Gasteiger partial charge in [0.25, 0.3) is 0 Å². The molecule has 0 aromatic heterocycles. The van der Waals surface area contributed by atoms with Crippen LogP contribution in [0.15, 0.2) is 12.2 Å². The van der Waals surface area contributed by atoms with Crippen LogP contribution in [0.2, 0.25) is 18.1 Å². The highest BCUT2D eigenvalue weighted by Gasteiger charge is 2.37. The fourth-order valence-electron chi connectivity index (χ4n) is 3.93. The number of carbonyl (C=O) groups excluding carboxylic acids is 1. The van der Waals surface area contributed by atoms with Gasteiger partial charge >= 0.3 is 6.09 Å². The molecule has 0 fully saturated rings. The van der Waals surface area contributed by atoms with Gasteiger partial charge in [0.2, 0.25) is 0 Å². The second-order valence-electron chi connectivity index (χ2n) is 13.2. The van der Waals surface area contributed by atoms with Crippen LogP contribution < -0.4 is 5.32 Å². The maximum absolute atomic E-state index is 12.4. The Labute approximate surface area is 231 Å². The molecule has 2 N–H and O–H groups in total. The molecule has 0 unspecified atom stereocenters. The van der Waals surface area contributed by atoms with Crippen LogP contribution in [0.1, 0.15) is 138 Å². The molecule has 220 valence electrons. The van der Waals surface area contributed by atoms with Crippen LogP contribution >= 0.6 is 0 Å². The van der Waals surface area contributed by atoms with Gasteiger partial charge in [0, 0.05) is 6.61 Å². The molecule has 0 aromatic carbocycles. The van der Waals surface area contributed by atoms with E-state index in [9.17, 15) is 9.90 Å². The van der Waals surface area contributed by atoms with Gasteiger partial charge in [0.05, 0.1) is 12.1 Å². The zero-order valence-electron chi connectivity index (χ0n) is 26.1. The summed E-state index contributed by atoms with van der Waals surface area (Å²) in [4.78, 5) is 12.4. The van der Waals surface area contributed by atoms with E-state index in [1.54, 1.807) is 0 Å². The summed E-state index contributed by atoms with van der Waals surface area (Å²) in [6.45, 7) is 19.6. The average molecular weight is 542 g/mol. The quantitative estimate of drug-likeness (QED) is 0.0915.